The first-order chi connectivity index (χ1) is 11.0. The molecule has 2 rings (SSSR count). The summed E-state index contributed by atoms with van der Waals surface area (Å²) in [6, 6.07) is 11.2. The van der Waals surface area contributed by atoms with Crippen LogP contribution < -0.4 is 4.74 Å². The highest BCUT2D eigenvalue weighted by molar-refractivity contribution is 9.10. The molecule has 5 heteroatoms. The third-order valence-corrected chi connectivity index (χ3v) is 3.93. The highest BCUT2D eigenvalue weighted by Crippen LogP contribution is 2.29. The van der Waals surface area contributed by atoms with Crippen LogP contribution in [0, 0.1) is 5.82 Å². The summed E-state index contributed by atoms with van der Waals surface area (Å²) in [6.07, 6.45) is 0.350. The normalized spacial score (nSPS) is 10.4. The van der Waals surface area contributed by atoms with E-state index in [9.17, 15) is 14.0 Å². The van der Waals surface area contributed by atoms with Gasteiger partial charge in [0, 0.05) is 17.3 Å². The van der Waals surface area contributed by atoms with Gasteiger partial charge in [-0.25, -0.2) is 4.39 Å². The van der Waals surface area contributed by atoms with Crippen LogP contribution in [0.5, 0.6) is 5.75 Å². The maximum atomic E-state index is 12.9. The molecule has 0 fully saturated rings. The first kappa shape index (κ1) is 17.3. The topological polar surface area (TPSA) is 43.4 Å². The van der Waals surface area contributed by atoms with Crippen molar-refractivity contribution >= 4 is 27.5 Å². The van der Waals surface area contributed by atoms with E-state index in [4.69, 9.17) is 4.74 Å². The summed E-state index contributed by atoms with van der Waals surface area (Å²) in [5, 5.41) is 0. The number of carbonyl (C=O) groups excluding carboxylic acids is 2. The molecule has 0 radical (unpaired) electrons. The summed E-state index contributed by atoms with van der Waals surface area (Å²) in [6.45, 7) is 1.68. The van der Waals surface area contributed by atoms with Crippen molar-refractivity contribution in [2.75, 3.05) is 0 Å². The van der Waals surface area contributed by atoms with Crippen LogP contribution in [0.2, 0.25) is 0 Å². The predicted octanol–water partition coefficient (Wildman–Crippen LogP) is 4.72. The summed E-state index contributed by atoms with van der Waals surface area (Å²) >= 11 is 3.36. The Kier molecular flexibility index (Phi) is 6.04. The second-order valence-electron chi connectivity index (χ2n) is 5.15. The highest BCUT2D eigenvalue weighted by Gasteiger charge is 2.17. The molecule has 23 heavy (non-hydrogen) atoms. The lowest BCUT2D eigenvalue weighted by atomic mass is 10.0. The summed E-state index contributed by atoms with van der Waals surface area (Å²) in [5.41, 5.74) is 1.23. The van der Waals surface area contributed by atoms with Gasteiger partial charge in [0.05, 0.1) is 5.56 Å². The van der Waals surface area contributed by atoms with Crippen molar-refractivity contribution in [2.24, 2.45) is 0 Å². The molecule has 0 aliphatic carbocycles. The van der Waals surface area contributed by atoms with Crippen molar-refractivity contribution in [1.82, 2.24) is 0 Å². The Bertz CT molecular complexity index is 711. The van der Waals surface area contributed by atoms with Crippen LogP contribution in [0.4, 0.5) is 4.39 Å². The van der Waals surface area contributed by atoms with Crippen molar-refractivity contribution in [2.45, 2.75) is 26.4 Å². The standard InChI is InChI=1S/C18H16BrFO3/c1-12(21)5-10-16(22)18-15(19)3-2-4-17(18)23-11-13-6-8-14(20)9-7-13/h2-4,6-9H,5,10-11H2,1H3. The molecule has 0 aliphatic rings. The zero-order chi connectivity index (χ0) is 16.8. The summed E-state index contributed by atoms with van der Waals surface area (Å²) in [4.78, 5) is 23.4. The molecule has 0 heterocycles. The SMILES string of the molecule is CC(=O)CCC(=O)c1c(Br)cccc1OCc1ccc(F)cc1. The molecule has 0 unspecified atom stereocenters. The van der Waals surface area contributed by atoms with Gasteiger partial charge in [0.1, 0.15) is 24.0 Å². The first-order valence-corrected chi connectivity index (χ1v) is 7.95. The molecular weight excluding hydrogens is 363 g/mol. The van der Waals surface area contributed by atoms with E-state index in [0.717, 1.165) is 5.56 Å². The van der Waals surface area contributed by atoms with Crippen molar-refractivity contribution < 1.29 is 18.7 Å². The van der Waals surface area contributed by atoms with E-state index >= 15 is 0 Å². The third kappa shape index (κ3) is 4.99. The van der Waals surface area contributed by atoms with Gasteiger partial charge in [-0.3, -0.25) is 4.79 Å². The van der Waals surface area contributed by atoms with Crippen LogP contribution in [-0.2, 0) is 11.4 Å². The average molecular weight is 379 g/mol. The van der Waals surface area contributed by atoms with Crippen LogP contribution in [0.25, 0.3) is 0 Å². The molecule has 3 nitrogen and oxygen atoms in total. The summed E-state index contributed by atoms with van der Waals surface area (Å²) < 4.78 is 19.2. The van der Waals surface area contributed by atoms with E-state index in [2.05, 4.69) is 15.9 Å². The van der Waals surface area contributed by atoms with Gasteiger partial charge in [0.15, 0.2) is 5.78 Å². The number of benzene rings is 2. The smallest absolute Gasteiger partial charge is 0.168 e. The summed E-state index contributed by atoms with van der Waals surface area (Å²) in [7, 11) is 0. The lowest BCUT2D eigenvalue weighted by Crippen LogP contribution is -2.07. The lowest BCUT2D eigenvalue weighted by molar-refractivity contribution is -0.116. The third-order valence-electron chi connectivity index (χ3n) is 3.27. The monoisotopic (exact) mass is 378 g/mol. The van der Waals surface area contributed by atoms with Gasteiger partial charge in [0.25, 0.3) is 0 Å². The van der Waals surface area contributed by atoms with Crippen LogP contribution >= 0.6 is 15.9 Å². The van der Waals surface area contributed by atoms with Crippen molar-refractivity contribution in [1.29, 1.82) is 0 Å². The number of ketones is 2. The molecule has 0 atom stereocenters. The fourth-order valence-electron chi connectivity index (χ4n) is 2.05. The second kappa shape index (κ2) is 8.02. The van der Waals surface area contributed by atoms with Crippen LogP contribution in [0.3, 0.4) is 0 Å². The van der Waals surface area contributed by atoms with E-state index < -0.39 is 0 Å². The minimum absolute atomic E-state index is 0.0285. The van der Waals surface area contributed by atoms with Gasteiger partial charge in [0.2, 0.25) is 0 Å². The van der Waals surface area contributed by atoms with Gasteiger partial charge < -0.3 is 9.53 Å². The Morgan fingerprint density at radius 3 is 2.43 bits per heavy atom. The van der Waals surface area contributed by atoms with Crippen molar-refractivity contribution in [3.05, 3.63) is 63.9 Å². The number of hydrogen-bond acceptors (Lipinski definition) is 3. The minimum Gasteiger partial charge on any atom is -0.488 e. The van der Waals surface area contributed by atoms with Crippen LogP contribution in [0.1, 0.15) is 35.7 Å². The van der Waals surface area contributed by atoms with Gasteiger partial charge in [-0.05, 0) is 52.7 Å². The Morgan fingerprint density at radius 2 is 1.78 bits per heavy atom. The second-order valence-corrected chi connectivity index (χ2v) is 6.01. The zero-order valence-electron chi connectivity index (χ0n) is 12.6. The number of Topliss-reactive ketones (excluding diaryl/α,β-unsaturated/α-hetero) is 2. The van der Waals surface area contributed by atoms with E-state index in [-0.39, 0.29) is 36.8 Å². The Morgan fingerprint density at radius 1 is 1.09 bits per heavy atom. The number of carbonyl (C=O) groups is 2. The number of ether oxygens (including phenoxy) is 1. The maximum Gasteiger partial charge on any atom is 0.168 e. The molecule has 2 aromatic carbocycles. The molecule has 0 spiro atoms. The Labute approximate surface area is 142 Å². The van der Waals surface area contributed by atoms with Gasteiger partial charge in [-0.1, -0.05) is 18.2 Å². The largest absolute Gasteiger partial charge is 0.488 e. The molecule has 2 aromatic rings. The maximum absolute atomic E-state index is 12.9. The van der Waals surface area contributed by atoms with E-state index in [1.165, 1.54) is 19.1 Å². The Hall–Kier alpha value is -2.01. The van der Waals surface area contributed by atoms with Crippen LogP contribution in [-0.4, -0.2) is 11.6 Å². The van der Waals surface area contributed by atoms with E-state index in [1.54, 1.807) is 30.3 Å². The van der Waals surface area contributed by atoms with E-state index in [1.807, 2.05) is 0 Å². The molecule has 0 amide bonds. The van der Waals surface area contributed by atoms with Crippen molar-refractivity contribution in [3.8, 4) is 5.75 Å². The predicted molar refractivity (Wildman–Crippen MR) is 89.1 cm³/mol. The van der Waals surface area contributed by atoms with Gasteiger partial charge in [-0.2, -0.15) is 0 Å². The molecular formula is C18H16BrFO3. The highest BCUT2D eigenvalue weighted by atomic mass is 79.9. The van der Waals surface area contributed by atoms with Gasteiger partial charge >= 0.3 is 0 Å². The van der Waals surface area contributed by atoms with Gasteiger partial charge in [-0.15, -0.1) is 0 Å². The molecule has 0 saturated carbocycles. The average Bonchev–Trinajstić information content (AvgIpc) is 2.52. The molecule has 0 aromatic heterocycles. The number of rotatable bonds is 7. The van der Waals surface area contributed by atoms with Crippen molar-refractivity contribution in [3.63, 3.8) is 0 Å². The zero-order valence-corrected chi connectivity index (χ0v) is 14.2. The first-order valence-electron chi connectivity index (χ1n) is 7.16. The fraction of sp³-hybridized carbons (Fsp3) is 0.222. The summed E-state index contributed by atoms with van der Waals surface area (Å²) in [5.74, 6) is -0.0467. The fourth-order valence-corrected chi connectivity index (χ4v) is 2.62. The molecule has 0 saturated heterocycles. The number of hydrogen-bond donors (Lipinski definition) is 0. The molecule has 0 aliphatic heterocycles. The molecule has 120 valence electrons. The lowest BCUT2D eigenvalue weighted by Gasteiger charge is -2.12. The van der Waals surface area contributed by atoms with E-state index in [0.29, 0.717) is 15.8 Å². The minimum atomic E-state index is -0.309. The molecule has 0 bridgehead atoms. The number of halogens is 2. The Balaban J connectivity index is 2.15. The quantitative estimate of drug-likeness (QED) is 0.654. The molecule has 0 N–H and O–H groups in total. The van der Waals surface area contributed by atoms with Crippen LogP contribution in [0.15, 0.2) is 46.9 Å².